The predicted octanol–water partition coefficient (Wildman–Crippen LogP) is 4.54. The summed E-state index contributed by atoms with van der Waals surface area (Å²) in [6.07, 6.45) is 11.2. The number of ether oxygens (including phenoxy) is 1. The molecule has 0 aliphatic heterocycles. The van der Waals surface area contributed by atoms with Crippen LogP contribution in [0, 0.1) is 0 Å². The molecule has 0 fully saturated rings. The fraction of sp³-hybridized carbons (Fsp3) is 0.400. The van der Waals surface area contributed by atoms with Crippen molar-refractivity contribution in [1.29, 1.82) is 0 Å². The van der Waals surface area contributed by atoms with Crippen LogP contribution in [0.4, 0.5) is 5.69 Å². The Morgan fingerprint density at radius 3 is 2.23 bits per heavy atom. The van der Waals surface area contributed by atoms with Crippen LogP contribution in [0.5, 0.6) is 5.75 Å². The third-order valence-corrected chi connectivity index (χ3v) is 5.15. The van der Waals surface area contributed by atoms with Crippen LogP contribution >= 0.6 is 0 Å². The molecule has 0 aliphatic carbocycles. The lowest BCUT2D eigenvalue weighted by molar-refractivity contribution is -0.116. The zero-order chi connectivity index (χ0) is 22.3. The number of unbranched alkanes of at least 4 members (excludes halogenated alkanes) is 7. The van der Waals surface area contributed by atoms with E-state index < -0.39 is 7.12 Å². The lowest BCUT2D eigenvalue weighted by atomic mass is 9.80. The molecule has 5 nitrogen and oxygen atoms in total. The van der Waals surface area contributed by atoms with E-state index >= 15 is 0 Å². The van der Waals surface area contributed by atoms with Crippen LogP contribution in [-0.4, -0.2) is 29.7 Å². The Bertz CT molecular complexity index is 792. The summed E-state index contributed by atoms with van der Waals surface area (Å²) in [5, 5.41) is 21.2. The highest BCUT2D eigenvalue weighted by Gasteiger charge is 2.11. The number of rotatable bonds is 15. The van der Waals surface area contributed by atoms with Gasteiger partial charge in [-0.3, -0.25) is 4.79 Å². The van der Waals surface area contributed by atoms with Gasteiger partial charge in [-0.2, -0.15) is 0 Å². The van der Waals surface area contributed by atoms with Crippen molar-refractivity contribution in [3.05, 3.63) is 60.7 Å². The number of hydrogen-bond donors (Lipinski definition) is 3. The molecule has 0 saturated heterocycles. The van der Waals surface area contributed by atoms with E-state index in [1.807, 2.05) is 30.3 Å². The average molecular weight is 423 g/mol. The van der Waals surface area contributed by atoms with Gasteiger partial charge in [0, 0.05) is 12.1 Å². The quantitative estimate of drug-likeness (QED) is 0.290. The van der Waals surface area contributed by atoms with Crippen LogP contribution in [0.3, 0.4) is 0 Å². The summed E-state index contributed by atoms with van der Waals surface area (Å²) in [4.78, 5) is 12.0. The molecule has 0 spiro atoms. The van der Waals surface area contributed by atoms with Crippen molar-refractivity contribution in [1.82, 2.24) is 0 Å². The average Bonchev–Trinajstić information content (AvgIpc) is 2.78. The largest absolute Gasteiger partial charge is 0.494 e. The molecule has 2 aromatic rings. The van der Waals surface area contributed by atoms with Gasteiger partial charge in [-0.25, -0.2) is 0 Å². The third-order valence-electron chi connectivity index (χ3n) is 5.15. The molecule has 2 rings (SSSR count). The lowest BCUT2D eigenvalue weighted by Gasteiger charge is -2.07. The topological polar surface area (TPSA) is 78.8 Å². The first kappa shape index (κ1) is 24.7. The number of carbonyl (C=O) groups is 1. The molecule has 2 aromatic carbocycles. The van der Waals surface area contributed by atoms with Crippen molar-refractivity contribution in [3.8, 4) is 5.75 Å². The minimum Gasteiger partial charge on any atom is -0.494 e. The van der Waals surface area contributed by atoms with Gasteiger partial charge in [0.2, 0.25) is 5.91 Å². The number of hydrogen-bond acceptors (Lipinski definition) is 4. The van der Waals surface area contributed by atoms with Crippen molar-refractivity contribution < 1.29 is 19.6 Å². The van der Waals surface area contributed by atoms with Crippen LogP contribution in [0.25, 0.3) is 6.08 Å². The molecule has 6 heteroatoms. The van der Waals surface area contributed by atoms with Crippen molar-refractivity contribution in [2.45, 2.75) is 57.8 Å². The number of nitrogens with one attached hydrogen (secondary N) is 1. The van der Waals surface area contributed by atoms with Gasteiger partial charge in [0.05, 0.1) is 6.61 Å². The fourth-order valence-corrected chi connectivity index (χ4v) is 3.34. The first-order valence-corrected chi connectivity index (χ1v) is 11.2. The highest BCUT2D eigenvalue weighted by Crippen LogP contribution is 2.14. The number of anilines is 1. The standard InChI is InChI=1S/C25H34BNO4/c1-2-21-15-17-24(18-16-21)31-19-10-8-6-4-3-5-7-9-14-25(28)27-23-13-11-12-22(20-23)26(29)30/h2,11-13,15-18,20,29-30H,1,3-10,14,19H2,(H,27,28). The summed E-state index contributed by atoms with van der Waals surface area (Å²) in [5.41, 5.74) is 2.06. The molecule has 0 saturated carbocycles. The smallest absolute Gasteiger partial charge is 0.488 e. The molecule has 0 radical (unpaired) electrons. The first-order chi connectivity index (χ1) is 15.1. The van der Waals surface area contributed by atoms with E-state index in [0.717, 1.165) is 43.6 Å². The molecule has 1 amide bonds. The van der Waals surface area contributed by atoms with Gasteiger partial charge in [-0.15, -0.1) is 0 Å². The molecular formula is C25H34BNO4. The van der Waals surface area contributed by atoms with Crippen molar-refractivity contribution in [2.75, 3.05) is 11.9 Å². The van der Waals surface area contributed by atoms with E-state index in [9.17, 15) is 14.8 Å². The molecule has 0 unspecified atom stereocenters. The van der Waals surface area contributed by atoms with E-state index in [4.69, 9.17) is 4.74 Å². The molecule has 0 atom stereocenters. The second-order valence-corrected chi connectivity index (χ2v) is 7.75. The maximum atomic E-state index is 12.0. The molecular weight excluding hydrogens is 389 g/mol. The Labute approximate surface area is 186 Å². The van der Waals surface area contributed by atoms with Gasteiger partial charge in [-0.05, 0) is 48.1 Å². The highest BCUT2D eigenvalue weighted by atomic mass is 16.5. The predicted molar refractivity (Wildman–Crippen MR) is 128 cm³/mol. The van der Waals surface area contributed by atoms with Crippen molar-refractivity contribution in [2.24, 2.45) is 0 Å². The molecule has 0 heterocycles. The van der Waals surface area contributed by atoms with Crippen LogP contribution in [0.15, 0.2) is 55.1 Å². The van der Waals surface area contributed by atoms with Gasteiger partial charge < -0.3 is 20.1 Å². The fourth-order valence-electron chi connectivity index (χ4n) is 3.34. The molecule has 166 valence electrons. The number of carbonyl (C=O) groups excluding carboxylic acids is 1. The van der Waals surface area contributed by atoms with Crippen molar-refractivity contribution in [3.63, 3.8) is 0 Å². The number of amides is 1. The SMILES string of the molecule is C=Cc1ccc(OCCCCCCCCCCC(=O)Nc2cccc(B(O)O)c2)cc1. The van der Waals surface area contributed by atoms with E-state index in [1.165, 1.54) is 25.7 Å². The summed E-state index contributed by atoms with van der Waals surface area (Å²) in [5.74, 6) is 0.872. The number of benzene rings is 2. The zero-order valence-corrected chi connectivity index (χ0v) is 18.3. The molecule has 31 heavy (non-hydrogen) atoms. The van der Waals surface area contributed by atoms with E-state index in [1.54, 1.807) is 24.3 Å². The van der Waals surface area contributed by atoms with Gasteiger partial charge in [0.1, 0.15) is 5.75 Å². The van der Waals surface area contributed by atoms with Gasteiger partial charge in [0.25, 0.3) is 0 Å². The van der Waals surface area contributed by atoms with E-state index in [0.29, 0.717) is 17.6 Å². The van der Waals surface area contributed by atoms with E-state index in [2.05, 4.69) is 11.9 Å². The van der Waals surface area contributed by atoms with Crippen LogP contribution in [0.1, 0.15) is 63.4 Å². The molecule has 0 bridgehead atoms. The van der Waals surface area contributed by atoms with Crippen LogP contribution < -0.4 is 15.5 Å². The Morgan fingerprint density at radius 1 is 0.935 bits per heavy atom. The Morgan fingerprint density at radius 2 is 1.58 bits per heavy atom. The molecule has 3 N–H and O–H groups in total. The normalized spacial score (nSPS) is 10.5. The first-order valence-electron chi connectivity index (χ1n) is 11.2. The third kappa shape index (κ3) is 10.3. The second-order valence-electron chi connectivity index (χ2n) is 7.75. The summed E-state index contributed by atoms with van der Waals surface area (Å²) < 4.78 is 5.75. The zero-order valence-electron chi connectivity index (χ0n) is 18.3. The summed E-state index contributed by atoms with van der Waals surface area (Å²) in [6.45, 7) is 4.50. The second kappa shape index (κ2) is 14.4. The minimum absolute atomic E-state index is 0.0382. The van der Waals surface area contributed by atoms with E-state index in [-0.39, 0.29) is 5.91 Å². The monoisotopic (exact) mass is 423 g/mol. The Kier molecular flexibility index (Phi) is 11.5. The highest BCUT2D eigenvalue weighted by molar-refractivity contribution is 6.58. The van der Waals surface area contributed by atoms with Crippen LogP contribution in [-0.2, 0) is 4.79 Å². The van der Waals surface area contributed by atoms with Gasteiger partial charge in [0.15, 0.2) is 0 Å². The van der Waals surface area contributed by atoms with Gasteiger partial charge >= 0.3 is 7.12 Å². The van der Waals surface area contributed by atoms with Gasteiger partial charge in [-0.1, -0.05) is 75.4 Å². The molecule has 0 aromatic heterocycles. The Hall–Kier alpha value is -2.57. The summed E-state index contributed by atoms with van der Waals surface area (Å²) in [6, 6.07) is 14.6. The summed E-state index contributed by atoms with van der Waals surface area (Å²) in [7, 11) is -1.53. The maximum absolute atomic E-state index is 12.0. The van der Waals surface area contributed by atoms with Crippen molar-refractivity contribution >= 4 is 30.3 Å². The Balaban J connectivity index is 1.42. The molecule has 0 aliphatic rings. The summed E-state index contributed by atoms with van der Waals surface area (Å²) >= 11 is 0. The lowest BCUT2D eigenvalue weighted by Crippen LogP contribution is -2.30. The minimum atomic E-state index is -1.53. The maximum Gasteiger partial charge on any atom is 0.488 e. The van der Waals surface area contributed by atoms with Crippen LogP contribution in [0.2, 0.25) is 0 Å².